The third-order valence-electron chi connectivity index (χ3n) is 3.33. The Hall–Kier alpha value is -2.01. The van der Waals surface area contributed by atoms with E-state index in [1.54, 1.807) is 4.90 Å². The van der Waals surface area contributed by atoms with Gasteiger partial charge in [-0.1, -0.05) is 34.1 Å². The third kappa shape index (κ3) is 3.36. The van der Waals surface area contributed by atoms with Gasteiger partial charge in [0.05, 0.1) is 6.54 Å². The van der Waals surface area contributed by atoms with E-state index in [0.29, 0.717) is 13.2 Å². The molecule has 1 aliphatic heterocycles. The van der Waals surface area contributed by atoms with E-state index in [9.17, 15) is 4.79 Å². The van der Waals surface area contributed by atoms with Crippen LogP contribution in [0.15, 0.2) is 53.0 Å². The molecule has 1 saturated heterocycles. The topological polar surface area (TPSA) is 41.6 Å². The van der Waals surface area contributed by atoms with Crippen LogP contribution in [0.25, 0.3) is 0 Å². The zero-order valence-electron chi connectivity index (χ0n) is 11.4. The molecule has 0 bridgehead atoms. The van der Waals surface area contributed by atoms with Crippen molar-refractivity contribution in [3.05, 3.63) is 58.6 Å². The van der Waals surface area contributed by atoms with Crippen LogP contribution in [-0.4, -0.2) is 19.2 Å². The van der Waals surface area contributed by atoms with E-state index in [1.807, 2.05) is 36.4 Å². The largest absolute Gasteiger partial charge is 0.447 e. The van der Waals surface area contributed by atoms with Crippen LogP contribution >= 0.6 is 15.9 Å². The third-order valence-corrected chi connectivity index (χ3v) is 3.86. The average Bonchev–Trinajstić information content (AvgIpc) is 2.93. The van der Waals surface area contributed by atoms with E-state index in [2.05, 4.69) is 33.4 Å². The van der Waals surface area contributed by atoms with Crippen molar-refractivity contribution in [1.29, 1.82) is 0 Å². The maximum Gasteiger partial charge on any atom is 0.414 e. The molecule has 1 amide bonds. The molecule has 108 valence electrons. The number of hydrogen-bond donors (Lipinski definition) is 1. The Morgan fingerprint density at radius 2 is 2.00 bits per heavy atom. The van der Waals surface area contributed by atoms with Gasteiger partial charge in [-0.3, -0.25) is 4.90 Å². The molecule has 1 heterocycles. The Labute approximate surface area is 131 Å². The number of hydrogen-bond acceptors (Lipinski definition) is 3. The lowest BCUT2D eigenvalue weighted by Crippen LogP contribution is -2.23. The lowest BCUT2D eigenvalue weighted by atomic mass is 10.2. The summed E-state index contributed by atoms with van der Waals surface area (Å²) < 4.78 is 6.03. The van der Waals surface area contributed by atoms with Crippen molar-refractivity contribution in [2.75, 3.05) is 23.4 Å². The highest BCUT2D eigenvalue weighted by Gasteiger charge is 2.23. The normalized spacial score (nSPS) is 14.1. The number of benzene rings is 2. The summed E-state index contributed by atoms with van der Waals surface area (Å²) in [5.74, 6) is 0. The Morgan fingerprint density at radius 3 is 2.71 bits per heavy atom. The molecule has 0 spiro atoms. The van der Waals surface area contributed by atoms with Crippen molar-refractivity contribution in [3.63, 3.8) is 0 Å². The quantitative estimate of drug-likeness (QED) is 0.908. The van der Waals surface area contributed by atoms with Gasteiger partial charge in [-0.2, -0.15) is 0 Å². The molecular weight excluding hydrogens is 332 g/mol. The van der Waals surface area contributed by atoms with Crippen molar-refractivity contribution >= 4 is 33.4 Å². The number of carbonyl (C=O) groups excluding carboxylic acids is 1. The molecule has 0 aliphatic carbocycles. The monoisotopic (exact) mass is 346 g/mol. The first-order chi connectivity index (χ1) is 10.2. The van der Waals surface area contributed by atoms with Crippen molar-refractivity contribution in [2.45, 2.75) is 6.54 Å². The van der Waals surface area contributed by atoms with Crippen LogP contribution in [0.5, 0.6) is 0 Å². The molecule has 1 fully saturated rings. The van der Waals surface area contributed by atoms with E-state index in [-0.39, 0.29) is 6.09 Å². The predicted molar refractivity (Wildman–Crippen MR) is 86.6 cm³/mol. The number of halogens is 1. The van der Waals surface area contributed by atoms with Gasteiger partial charge in [0, 0.05) is 22.4 Å². The van der Waals surface area contributed by atoms with Crippen LogP contribution in [0.1, 0.15) is 5.56 Å². The summed E-state index contributed by atoms with van der Waals surface area (Å²) in [5, 5.41) is 3.37. The fourth-order valence-corrected chi connectivity index (χ4v) is 2.48. The van der Waals surface area contributed by atoms with E-state index in [4.69, 9.17) is 4.74 Å². The molecule has 0 radical (unpaired) electrons. The fraction of sp³-hybridized carbons (Fsp3) is 0.188. The number of carbonyl (C=O) groups is 1. The van der Waals surface area contributed by atoms with Gasteiger partial charge in [-0.25, -0.2) is 4.79 Å². The van der Waals surface area contributed by atoms with E-state index >= 15 is 0 Å². The maximum atomic E-state index is 11.6. The number of ether oxygens (including phenoxy) is 1. The number of rotatable bonds is 4. The Balaban J connectivity index is 1.68. The Kier molecular flexibility index (Phi) is 4.10. The highest BCUT2D eigenvalue weighted by atomic mass is 79.9. The first-order valence-corrected chi connectivity index (χ1v) is 7.54. The van der Waals surface area contributed by atoms with Crippen molar-refractivity contribution in [2.24, 2.45) is 0 Å². The number of cyclic esters (lactones) is 1. The van der Waals surface area contributed by atoms with Crippen LogP contribution in [0, 0.1) is 0 Å². The molecule has 21 heavy (non-hydrogen) atoms. The highest BCUT2D eigenvalue weighted by molar-refractivity contribution is 9.10. The maximum absolute atomic E-state index is 11.6. The van der Waals surface area contributed by atoms with E-state index in [0.717, 1.165) is 22.4 Å². The van der Waals surface area contributed by atoms with Crippen LogP contribution in [0.2, 0.25) is 0 Å². The number of amides is 1. The summed E-state index contributed by atoms with van der Waals surface area (Å²) >= 11 is 3.42. The minimum atomic E-state index is -0.278. The van der Waals surface area contributed by atoms with Crippen LogP contribution < -0.4 is 10.2 Å². The van der Waals surface area contributed by atoms with Crippen LogP contribution in [-0.2, 0) is 11.3 Å². The summed E-state index contributed by atoms with van der Waals surface area (Å²) in [6.07, 6.45) is -0.278. The zero-order valence-corrected chi connectivity index (χ0v) is 13.0. The second-order valence-electron chi connectivity index (χ2n) is 4.80. The standard InChI is InChI=1S/C16H15BrN2O2/c17-13-6-4-12(5-7-13)11-18-14-2-1-3-15(10-14)19-8-9-21-16(19)20/h1-7,10,18H,8-9,11H2. The summed E-state index contributed by atoms with van der Waals surface area (Å²) in [4.78, 5) is 13.2. The van der Waals surface area contributed by atoms with Crippen LogP contribution in [0.3, 0.4) is 0 Å². The molecule has 4 nitrogen and oxygen atoms in total. The molecule has 0 unspecified atom stereocenters. The minimum absolute atomic E-state index is 0.278. The molecule has 2 aromatic carbocycles. The first-order valence-electron chi connectivity index (χ1n) is 6.75. The summed E-state index contributed by atoms with van der Waals surface area (Å²) in [6.45, 7) is 1.80. The van der Waals surface area contributed by atoms with Gasteiger partial charge in [-0.15, -0.1) is 0 Å². The fourth-order valence-electron chi connectivity index (χ4n) is 2.22. The van der Waals surface area contributed by atoms with Gasteiger partial charge >= 0.3 is 6.09 Å². The molecule has 0 saturated carbocycles. The SMILES string of the molecule is O=C1OCCN1c1cccc(NCc2ccc(Br)cc2)c1. The predicted octanol–water partition coefficient (Wildman–Crippen LogP) is 4.02. The number of anilines is 2. The lowest BCUT2D eigenvalue weighted by molar-refractivity contribution is 0.181. The number of nitrogens with one attached hydrogen (secondary N) is 1. The van der Waals surface area contributed by atoms with Gasteiger partial charge in [0.15, 0.2) is 0 Å². The van der Waals surface area contributed by atoms with E-state index < -0.39 is 0 Å². The summed E-state index contributed by atoms with van der Waals surface area (Å²) in [6, 6.07) is 16.0. The molecule has 1 N–H and O–H groups in total. The molecule has 0 atom stereocenters. The Morgan fingerprint density at radius 1 is 1.19 bits per heavy atom. The molecule has 0 aromatic heterocycles. The second-order valence-corrected chi connectivity index (χ2v) is 5.71. The second kappa shape index (κ2) is 6.18. The summed E-state index contributed by atoms with van der Waals surface area (Å²) in [5.41, 5.74) is 3.04. The van der Waals surface area contributed by atoms with Crippen molar-refractivity contribution < 1.29 is 9.53 Å². The smallest absolute Gasteiger partial charge is 0.414 e. The Bertz CT molecular complexity index is 643. The van der Waals surface area contributed by atoms with Crippen molar-refractivity contribution in [1.82, 2.24) is 0 Å². The van der Waals surface area contributed by atoms with Gasteiger partial charge in [0.2, 0.25) is 0 Å². The zero-order chi connectivity index (χ0) is 14.7. The lowest BCUT2D eigenvalue weighted by Gasteiger charge is -2.14. The van der Waals surface area contributed by atoms with Crippen LogP contribution in [0.4, 0.5) is 16.2 Å². The van der Waals surface area contributed by atoms with Gasteiger partial charge in [0.25, 0.3) is 0 Å². The highest BCUT2D eigenvalue weighted by Crippen LogP contribution is 2.23. The first kappa shape index (κ1) is 13.9. The molecular formula is C16H15BrN2O2. The van der Waals surface area contributed by atoms with Gasteiger partial charge in [0.1, 0.15) is 6.61 Å². The minimum Gasteiger partial charge on any atom is -0.447 e. The molecule has 2 aromatic rings. The van der Waals surface area contributed by atoms with E-state index in [1.165, 1.54) is 5.56 Å². The van der Waals surface area contributed by atoms with Gasteiger partial charge in [-0.05, 0) is 35.9 Å². The average molecular weight is 347 g/mol. The van der Waals surface area contributed by atoms with Gasteiger partial charge < -0.3 is 10.1 Å². The molecule has 5 heteroatoms. The van der Waals surface area contributed by atoms with Crippen molar-refractivity contribution in [3.8, 4) is 0 Å². The number of nitrogens with zero attached hydrogens (tertiary/aromatic N) is 1. The molecule has 3 rings (SSSR count). The summed E-state index contributed by atoms with van der Waals surface area (Å²) in [7, 11) is 0. The molecule has 1 aliphatic rings.